The van der Waals surface area contributed by atoms with Crippen LogP contribution in [0.1, 0.15) is 25.7 Å². The van der Waals surface area contributed by atoms with Gasteiger partial charge in [-0.25, -0.2) is 14.2 Å². The number of hydrogen-bond acceptors (Lipinski definition) is 7. The van der Waals surface area contributed by atoms with Crippen LogP contribution in [0.25, 0.3) is 10.6 Å². The van der Waals surface area contributed by atoms with Crippen LogP contribution in [0.2, 0.25) is 0 Å². The summed E-state index contributed by atoms with van der Waals surface area (Å²) in [6, 6.07) is 10.6. The highest BCUT2D eigenvalue weighted by atomic mass is 32.1. The number of nitrogens with zero attached hydrogens (tertiary/aromatic N) is 1. The lowest BCUT2D eigenvalue weighted by Crippen LogP contribution is -2.15. The molecule has 1 aromatic heterocycles. The maximum absolute atomic E-state index is 13.1. The van der Waals surface area contributed by atoms with E-state index in [1.807, 2.05) is 0 Å². The smallest absolute Gasteiger partial charge is 0.350 e. The van der Waals surface area contributed by atoms with Crippen molar-refractivity contribution >= 4 is 23.1 Å². The second kappa shape index (κ2) is 8.83. The van der Waals surface area contributed by atoms with Crippen molar-refractivity contribution in [3.8, 4) is 22.1 Å². The Hall–Kier alpha value is -3.26. The van der Waals surface area contributed by atoms with Crippen molar-refractivity contribution < 1.29 is 28.2 Å². The van der Waals surface area contributed by atoms with Crippen LogP contribution in [0.5, 0.6) is 11.5 Å². The number of rotatable bonds is 7. The number of ketones is 1. The van der Waals surface area contributed by atoms with Gasteiger partial charge < -0.3 is 14.2 Å². The van der Waals surface area contributed by atoms with Gasteiger partial charge in [-0.2, -0.15) is 0 Å². The molecule has 8 heteroatoms. The molecule has 2 aromatic carbocycles. The Morgan fingerprint density at radius 2 is 1.79 bits per heavy atom. The number of benzene rings is 2. The van der Waals surface area contributed by atoms with Crippen LogP contribution >= 0.6 is 11.3 Å². The Morgan fingerprint density at radius 3 is 2.45 bits per heavy atom. The number of halogens is 1. The predicted octanol–water partition coefficient (Wildman–Crippen LogP) is 4.31. The molecule has 6 nitrogen and oxygen atoms in total. The molecule has 0 aliphatic carbocycles. The number of ether oxygens (including phenoxy) is 3. The average molecular weight is 415 g/mol. The first kappa shape index (κ1) is 20.5. The van der Waals surface area contributed by atoms with Crippen molar-refractivity contribution in [2.24, 2.45) is 0 Å². The van der Waals surface area contributed by atoms with Gasteiger partial charge in [0.1, 0.15) is 27.2 Å². The molecule has 0 bridgehead atoms. The molecule has 0 N–H and O–H groups in total. The van der Waals surface area contributed by atoms with Gasteiger partial charge in [0.2, 0.25) is 5.78 Å². The number of Topliss-reactive ketones (excluding diaryl/α,β-unsaturated/α-hetero) is 1. The van der Waals surface area contributed by atoms with Crippen molar-refractivity contribution in [2.45, 2.75) is 6.92 Å². The molecule has 0 radical (unpaired) electrons. The molecule has 0 saturated carbocycles. The lowest BCUT2D eigenvalue weighted by molar-refractivity contribution is 0.0477. The van der Waals surface area contributed by atoms with E-state index < -0.39 is 18.4 Å². The molecule has 0 atom stereocenters. The molecule has 3 aromatic rings. The first-order chi connectivity index (χ1) is 13.9. The topological polar surface area (TPSA) is 74.7 Å². The highest BCUT2D eigenvalue weighted by Crippen LogP contribution is 2.29. The van der Waals surface area contributed by atoms with Gasteiger partial charge in [0.25, 0.3) is 0 Å². The predicted molar refractivity (Wildman–Crippen MR) is 106 cm³/mol. The molecule has 29 heavy (non-hydrogen) atoms. The summed E-state index contributed by atoms with van der Waals surface area (Å²) in [7, 11) is 2.93. The van der Waals surface area contributed by atoms with E-state index in [2.05, 4.69) is 4.98 Å². The highest BCUT2D eigenvalue weighted by molar-refractivity contribution is 7.17. The normalized spacial score (nSPS) is 10.5. The van der Waals surface area contributed by atoms with Crippen LogP contribution in [0.15, 0.2) is 42.5 Å². The van der Waals surface area contributed by atoms with E-state index >= 15 is 0 Å². The van der Waals surface area contributed by atoms with Gasteiger partial charge in [-0.3, -0.25) is 4.79 Å². The number of hydrogen-bond donors (Lipinski definition) is 0. The van der Waals surface area contributed by atoms with E-state index in [-0.39, 0.29) is 16.3 Å². The Labute approximate surface area is 170 Å². The SMILES string of the molecule is COc1ccc(OC)c(C(=O)COC(=O)c2sc(-c3ccc(F)cc3)nc2C)c1. The third-order valence-corrected chi connectivity index (χ3v) is 5.30. The number of aryl methyl sites for hydroxylation is 1. The van der Waals surface area contributed by atoms with Gasteiger partial charge in [0.05, 0.1) is 25.5 Å². The molecule has 0 aliphatic heterocycles. The van der Waals surface area contributed by atoms with Crippen molar-refractivity contribution in [2.75, 3.05) is 20.8 Å². The lowest BCUT2D eigenvalue weighted by Gasteiger charge is -2.10. The minimum atomic E-state index is -0.649. The fraction of sp³-hybridized carbons (Fsp3) is 0.190. The summed E-state index contributed by atoms with van der Waals surface area (Å²) < 4.78 is 28.6. The van der Waals surface area contributed by atoms with E-state index in [9.17, 15) is 14.0 Å². The van der Waals surface area contributed by atoms with Crippen LogP contribution in [-0.4, -0.2) is 37.6 Å². The zero-order chi connectivity index (χ0) is 21.0. The van der Waals surface area contributed by atoms with Gasteiger partial charge in [-0.1, -0.05) is 0 Å². The average Bonchev–Trinajstić information content (AvgIpc) is 3.13. The Kier molecular flexibility index (Phi) is 6.23. The molecular formula is C21H18FNO5S. The van der Waals surface area contributed by atoms with Crippen LogP contribution in [0.3, 0.4) is 0 Å². The van der Waals surface area contributed by atoms with E-state index in [1.165, 1.54) is 32.4 Å². The second-order valence-electron chi connectivity index (χ2n) is 6.01. The fourth-order valence-electron chi connectivity index (χ4n) is 2.61. The molecular weight excluding hydrogens is 397 g/mol. The number of thiazole rings is 1. The third kappa shape index (κ3) is 4.60. The Balaban J connectivity index is 1.73. The molecule has 0 amide bonds. The van der Waals surface area contributed by atoms with E-state index in [1.54, 1.807) is 31.2 Å². The van der Waals surface area contributed by atoms with E-state index in [4.69, 9.17) is 14.2 Å². The number of aromatic nitrogens is 1. The summed E-state index contributed by atoms with van der Waals surface area (Å²) in [6.45, 7) is 1.22. The first-order valence-electron chi connectivity index (χ1n) is 8.58. The molecule has 3 rings (SSSR count). The molecule has 0 saturated heterocycles. The van der Waals surface area contributed by atoms with Gasteiger partial charge >= 0.3 is 5.97 Å². The zero-order valence-corrected chi connectivity index (χ0v) is 16.8. The van der Waals surface area contributed by atoms with Gasteiger partial charge in [0, 0.05) is 5.56 Å². The number of methoxy groups -OCH3 is 2. The van der Waals surface area contributed by atoms with Crippen LogP contribution in [0, 0.1) is 12.7 Å². The summed E-state index contributed by atoms with van der Waals surface area (Å²) in [6.07, 6.45) is 0. The minimum absolute atomic E-state index is 0.257. The zero-order valence-electron chi connectivity index (χ0n) is 16.0. The van der Waals surface area contributed by atoms with Crippen LogP contribution < -0.4 is 9.47 Å². The Bertz CT molecular complexity index is 1050. The molecule has 150 valence electrons. The summed E-state index contributed by atoms with van der Waals surface area (Å²) in [4.78, 5) is 29.6. The molecule has 0 unspecified atom stereocenters. The summed E-state index contributed by atoms with van der Waals surface area (Å²) in [5, 5.41) is 0.565. The lowest BCUT2D eigenvalue weighted by atomic mass is 10.1. The Morgan fingerprint density at radius 1 is 1.07 bits per heavy atom. The standard InChI is InChI=1S/C21H18FNO5S/c1-12-19(29-20(23-12)13-4-6-14(22)7-5-13)21(25)28-11-17(24)16-10-15(26-2)8-9-18(16)27-3/h4-10H,11H2,1-3H3. The molecule has 0 fully saturated rings. The summed E-state index contributed by atoms with van der Waals surface area (Å²) >= 11 is 1.12. The number of esters is 1. The van der Waals surface area contributed by atoms with E-state index in [0.29, 0.717) is 27.8 Å². The maximum Gasteiger partial charge on any atom is 0.350 e. The second-order valence-corrected chi connectivity index (χ2v) is 7.01. The van der Waals surface area contributed by atoms with Crippen molar-refractivity contribution in [3.05, 3.63) is 64.4 Å². The fourth-order valence-corrected chi connectivity index (χ4v) is 3.57. The quantitative estimate of drug-likeness (QED) is 0.423. The molecule has 0 aliphatic rings. The summed E-state index contributed by atoms with van der Waals surface area (Å²) in [5.74, 6) is -0.575. The van der Waals surface area contributed by atoms with Gasteiger partial charge in [0.15, 0.2) is 6.61 Å². The minimum Gasteiger partial charge on any atom is -0.497 e. The molecule has 0 spiro atoms. The van der Waals surface area contributed by atoms with Gasteiger partial charge in [-0.15, -0.1) is 11.3 Å². The van der Waals surface area contributed by atoms with Crippen molar-refractivity contribution in [3.63, 3.8) is 0 Å². The number of carbonyl (C=O) groups is 2. The third-order valence-electron chi connectivity index (χ3n) is 4.11. The van der Waals surface area contributed by atoms with Crippen LogP contribution in [0.4, 0.5) is 4.39 Å². The number of carbonyl (C=O) groups excluding carboxylic acids is 2. The largest absolute Gasteiger partial charge is 0.497 e. The first-order valence-corrected chi connectivity index (χ1v) is 9.40. The van der Waals surface area contributed by atoms with Crippen LogP contribution in [-0.2, 0) is 4.74 Å². The molecule has 1 heterocycles. The van der Waals surface area contributed by atoms with E-state index in [0.717, 1.165) is 11.3 Å². The van der Waals surface area contributed by atoms with Gasteiger partial charge in [-0.05, 0) is 49.4 Å². The van der Waals surface area contributed by atoms with Crippen molar-refractivity contribution in [1.29, 1.82) is 0 Å². The highest BCUT2D eigenvalue weighted by Gasteiger charge is 2.20. The summed E-state index contributed by atoms with van der Waals surface area (Å²) in [5.41, 5.74) is 1.43. The maximum atomic E-state index is 13.1. The van der Waals surface area contributed by atoms with Crippen molar-refractivity contribution in [1.82, 2.24) is 4.98 Å². The monoisotopic (exact) mass is 415 g/mol.